The van der Waals surface area contributed by atoms with Gasteiger partial charge in [0, 0.05) is 26.7 Å². The molecule has 0 amide bonds. The molecule has 104 valence electrons. The molecule has 18 heavy (non-hydrogen) atoms. The topological polar surface area (TPSA) is 44.8 Å². The van der Waals surface area contributed by atoms with Crippen LogP contribution in [0.4, 0.5) is 0 Å². The highest BCUT2D eigenvalue weighted by Gasteiger charge is 2.56. The third kappa shape index (κ3) is 2.92. The van der Waals surface area contributed by atoms with Gasteiger partial charge >= 0.3 is 0 Å². The molecule has 1 atom stereocenters. The van der Waals surface area contributed by atoms with E-state index < -0.39 is 0 Å². The highest BCUT2D eigenvalue weighted by atomic mass is 16.5. The summed E-state index contributed by atoms with van der Waals surface area (Å²) in [6.07, 6.45) is 6.12. The maximum atomic E-state index is 11.7. The van der Waals surface area contributed by atoms with Gasteiger partial charge in [0.05, 0.1) is 24.7 Å². The van der Waals surface area contributed by atoms with Crippen molar-refractivity contribution in [2.45, 2.75) is 44.6 Å². The van der Waals surface area contributed by atoms with Gasteiger partial charge in [-0.05, 0) is 19.3 Å². The first kappa shape index (κ1) is 14.0. The summed E-state index contributed by atoms with van der Waals surface area (Å²) < 4.78 is 16.2. The first-order chi connectivity index (χ1) is 8.79. The third-order valence-corrected chi connectivity index (χ3v) is 4.22. The molecular formula is C14H24O4. The van der Waals surface area contributed by atoms with Crippen molar-refractivity contribution in [3.8, 4) is 0 Å². The van der Waals surface area contributed by atoms with E-state index >= 15 is 0 Å². The monoisotopic (exact) mass is 256 g/mol. The fraction of sp³-hybridized carbons (Fsp3) is 0.929. The minimum absolute atomic E-state index is 0.101. The molecule has 0 saturated heterocycles. The van der Waals surface area contributed by atoms with Crippen LogP contribution in [-0.4, -0.2) is 45.4 Å². The average molecular weight is 256 g/mol. The molecule has 2 saturated carbocycles. The van der Waals surface area contributed by atoms with Gasteiger partial charge in [0.1, 0.15) is 5.78 Å². The molecule has 2 rings (SSSR count). The molecule has 0 aromatic carbocycles. The zero-order valence-corrected chi connectivity index (χ0v) is 11.3. The van der Waals surface area contributed by atoms with Gasteiger partial charge in [0.2, 0.25) is 0 Å². The van der Waals surface area contributed by atoms with Crippen LogP contribution in [0.15, 0.2) is 0 Å². The maximum Gasteiger partial charge on any atom is 0.144 e. The third-order valence-electron chi connectivity index (χ3n) is 4.22. The van der Waals surface area contributed by atoms with Crippen LogP contribution in [0.25, 0.3) is 0 Å². The SMILES string of the molecule is COCCCOCCOC1CC(=O)C12CCCC2. The molecule has 0 radical (unpaired) electrons. The Kier molecular flexibility index (Phi) is 5.15. The molecule has 4 heteroatoms. The van der Waals surface area contributed by atoms with Crippen molar-refractivity contribution in [1.82, 2.24) is 0 Å². The molecule has 4 nitrogen and oxygen atoms in total. The van der Waals surface area contributed by atoms with E-state index in [0.717, 1.165) is 25.9 Å². The lowest BCUT2D eigenvalue weighted by Crippen LogP contribution is -2.53. The van der Waals surface area contributed by atoms with Crippen molar-refractivity contribution < 1.29 is 19.0 Å². The van der Waals surface area contributed by atoms with Gasteiger partial charge in [-0.1, -0.05) is 12.8 Å². The minimum Gasteiger partial charge on any atom is -0.385 e. The first-order valence-electron chi connectivity index (χ1n) is 7.01. The maximum absolute atomic E-state index is 11.7. The van der Waals surface area contributed by atoms with Crippen LogP contribution in [0.1, 0.15) is 38.5 Å². The summed E-state index contributed by atoms with van der Waals surface area (Å²) in [6.45, 7) is 2.67. The number of methoxy groups -OCH3 is 1. The van der Waals surface area contributed by atoms with Crippen molar-refractivity contribution in [3.63, 3.8) is 0 Å². The van der Waals surface area contributed by atoms with Crippen molar-refractivity contribution in [3.05, 3.63) is 0 Å². The second-order valence-electron chi connectivity index (χ2n) is 5.31. The Morgan fingerprint density at radius 2 is 1.94 bits per heavy atom. The molecular weight excluding hydrogens is 232 g/mol. The van der Waals surface area contributed by atoms with Gasteiger partial charge in [-0.3, -0.25) is 4.79 Å². The van der Waals surface area contributed by atoms with Crippen molar-refractivity contribution in [1.29, 1.82) is 0 Å². The molecule has 0 aromatic heterocycles. The van der Waals surface area contributed by atoms with Crippen LogP contribution in [0.5, 0.6) is 0 Å². The summed E-state index contributed by atoms with van der Waals surface area (Å²) in [4.78, 5) is 11.7. The van der Waals surface area contributed by atoms with Gasteiger partial charge in [0.25, 0.3) is 0 Å². The van der Waals surface area contributed by atoms with E-state index in [2.05, 4.69) is 0 Å². The zero-order valence-electron chi connectivity index (χ0n) is 11.3. The Hall–Kier alpha value is -0.450. The number of Topliss-reactive ketones (excluding diaryl/α,β-unsaturated/α-hetero) is 1. The smallest absolute Gasteiger partial charge is 0.144 e. The second kappa shape index (κ2) is 6.64. The van der Waals surface area contributed by atoms with E-state index in [9.17, 15) is 4.79 Å². The fourth-order valence-corrected chi connectivity index (χ4v) is 3.10. The van der Waals surface area contributed by atoms with Crippen molar-refractivity contribution in [2.75, 3.05) is 33.5 Å². The average Bonchev–Trinajstić information content (AvgIpc) is 2.88. The van der Waals surface area contributed by atoms with Crippen LogP contribution in [0, 0.1) is 5.41 Å². The lowest BCUT2D eigenvalue weighted by molar-refractivity contribution is -0.164. The standard InChI is InChI=1S/C14H24O4/c1-16-7-4-8-17-9-10-18-13-11-12(15)14(13)5-2-3-6-14/h13H,2-11H2,1H3. The molecule has 2 aliphatic rings. The van der Waals surface area contributed by atoms with Crippen molar-refractivity contribution in [2.24, 2.45) is 5.41 Å². The minimum atomic E-state index is -0.101. The van der Waals surface area contributed by atoms with Crippen LogP contribution in [0.3, 0.4) is 0 Å². The van der Waals surface area contributed by atoms with Gasteiger partial charge in [0.15, 0.2) is 0 Å². The van der Waals surface area contributed by atoms with Crippen LogP contribution < -0.4 is 0 Å². The Morgan fingerprint density at radius 3 is 2.61 bits per heavy atom. The molecule has 1 spiro atoms. The summed E-state index contributed by atoms with van der Waals surface area (Å²) in [5, 5.41) is 0. The molecule has 0 heterocycles. The molecule has 0 bridgehead atoms. The Bertz CT molecular complexity index is 271. The predicted octanol–water partition coefficient (Wildman–Crippen LogP) is 1.96. The number of hydrogen-bond acceptors (Lipinski definition) is 4. The summed E-state index contributed by atoms with van der Waals surface area (Å²) in [6, 6.07) is 0. The normalized spacial score (nSPS) is 25.6. The van der Waals surface area contributed by atoms with Gasteiger partial charge in [-0.2, -0.15) is 0 Å². The molecule has 0 aliphatic heterocycles. The van der Waals surface area contributed by atoms with Gasteiger partial charge in [-0.25, -0.2) is 0 Å². The lowest BCUT2D eigenvalue weighted by Gasteiger charge is -2.44. The summed E-state index contributed by atoms with van der Waals surface area (Å²) in [7, 11) is 1.69. The Morgan fingerprint density at radius 1 is 1.17 bits per heavy atom. The molecule has 2 fully saturated rings. The number of carbonyl (C=O) groups is 1. The predicted molar refractivity (Wildman–Crippen MR) is 67.6 cm³/mol. The van der Waals surface area contributed by atoms with E-state index in [1.165, 1.54) is 12.8 Å². The number of carbonyl (C=O) groups excluding carboxylic acids is 1. The first-order valence-corrected chi connectivity index (χ1v) is 7.01. The summed E-state index contributed by atoms with van der Waals surface area (Å²) >= 11 is 0. The number of ether oxygens (including phenoxy) is 3. The Balaban J connectivity index is 1.56. The quantitative estimate of drug-likeness (QED) is 0.623. The lowest BCUT2D eigenvalue weighted by atomic mass is 9.63. The number of hydrogen-bond donors (Lipinski definition) is 0. The number of ketones is 1. The van der Waals surface area contributed by atoms with Crippen LogP contribution >= 0.6 is 0 Å². The summed E-state index contributed by atoms with van der Waals surface area (Å²) in [5.41, 5.74) is -0.101. The van der Waals surface area contributed by atoms with E-state index in [1.807, 2.05) is 0 Å². The van der Waals surface area contributed by atoms with Gasteiger partial charge < -0.3 is 14.2 Å². The molecule has 0 aromatic rings. The van der Waals surface area contributed by atoms with E-state index in [-0.39, 0.29) is 11.5 Å². The Labute approximate surface area is 109 Å². The largest absolute Gasteiger partial charge is 0.385 e. The second-order valence-corrected chi connectivity index (χ2v) is 5.31. The van der Waals surface area contributed by atoms with E-state index in [1.54, 1.807) is 7.11 Å². The highest BCUT2D eigenvalue weighted by Crippen LogP contribution is 2.51. The molecule has 2 aliphatic carbocycles. The zero-order chi connectivity index (χ0) is 12.8. The van der Waals surface area contributed by atoms with Crippen LogP contribution in [-0.2, 0) is 19.0 Å². The van der Waals surface area contributed by atoms with Gasteiger partial charge in [-0.15, -0.1) is 0 Å². The number of rotatable bonds is 8. The van der Waals surface area contributed by atoms with E-state index in [0.29, 0.717) is 32.0 Å². The summed E-state index contributed by atoms with van der Waals surface area (Å²) in [5.74, 6) is 0.422. The molecule has 0 N–H and O–H groups in total. The fourth-order valence-electron chi connectivity index (χ4n) is 3.10. The highest BCUT2D eigenvalue weighted by molar-refractivity contribution is 5.92. The van der Waals surface area contributed by atoms with Crippen molar-refractivity contribution >= 4 is 5.78 Å². The van der Waals surface area contributed by atoms with E-state index in [4.69, 9.17) is 14.2 Å². The van der Waals surface area contributed by atoms with Crippen LogP contribution in [0.2, 0.25) is 0 Å². The molecule has 1 unspecified atom stereocenters.